The van der Waals surface area contributed by atoms with Crippen LogP contribution in [0.1, 0.15) is 39.2 Å². The first-order valence-corrected chi connectivity index (χ1v) is 8.13. The number of benzene rings is 1. The molecular formula is C18H28ClNO4. The number of aliphatic carboxylic acids is 1. The first-order valence-electron chi connectivity index (χ1n) is 8.13. The van der Waals surface area contributed by atoms with Crippen molar-refractivity contribution < 1.29 is 19.4 Å². The van der Waals surface area contributed by atoms with Crippen molar-refractivity contribution in [1.82, 2.24) is 5.32 Å². The van der Waals surface area contributed by atoms with Gasteiger partial charge in [-0.05, 0) is 37.7 Å². The second-order valence-corrected chi connectivity index (χ2v) is 6.02. The molecule has 2 N–H and O–H groups in total. The van der Waals surface area contributed by atoms with Gasteiger partial charge in [-0.15, -0.1) is 12.4 Å². The van der Waals surface area contributed by atoms with E-state index in [-0.39, 0.29) is 24.9 Å². The number of carbonyl (C=O) groups excluding carboxylic acids is 1. The summed E-state index contributed by atoms with van der Waals surface area (Å²) in [5.74, 6) is -1.10. The Morgan fingerprint density at radius 2 is 1.79 bits per heavy atom. The van der Waals surface area contributed by atoms with E-state index in [2.05, 4.69) is 5.32 Å². The SMILES string of the molecule is CCOC(=O)C(CCc1ccccc1)N[C@@H](CC(C)C)C(=O)O.Cl. The Bertz CT molecular complexity index is 493. The number of rotatable bonds is 10. The minimum atomic E-state index is -0.937. The lowest BCUT2D eigenvalue weighted by Gasteiger charge is -2.23. The summed E-state index contributed by atoms with van der Waals surface area (Å²) in [6.07, 6.45) is 1.66. The van der Waals surface area contributed by atoms with Gasteiger partial charge in [0.05, 0.1) is 6.61 Å². The minimum Gasteiger partial charge on any atom is -0.480 e. The van der Waals surface area contributed by atoms with Gasteiger partial charge < -0.3 is 9.84 Å². The van der Waals surface area contributed by atoms with E-state index in [4.69, 9.17) is 4.74 Å². The van der Waals surface area contributed by atoms with Gasteiger partial charge in [0, 0.05) is 0 Å². The summed E-state index contributed by atoms with van der Waals surface area (Å²) in [4.78, 5) is 23.5. The summed E-state index contributed by atoms with van der Waals surface area (Å²) in [5, 5.41) is 12.3. The van der Waals surface area contributed by atoms with Crippen LogP contribution in [0.2, 0.25) is 0 Å². The molecule has 0 saturated carbocycles. The highest BCUT2D eigenvalue weighted by molar-refractivity contribution is 5.85. The predicted octanol–water partition coefficient (Wildman–Crippen LogP) is 3.06. The van der Waals surface area contributed by atoms with E-state index < -0.39 is 24.0 Å². The van der Waals surface area contributed by atoms with Crippen molar-refractivity contribution in [2.75, 3.05) is 6.61 Å². The molecular weight excluding hydrogens is 330 g/mol. The van der Waals surface area contributed by atoms with Gasteiger partial charge in [0.1, 0.15) is 12.1 Å². The number of esters is 1. The second kappa shape index (κ2) is 11.9. The third-order valence-electron chi connectivity index (χ3n) is 3.54. The standard InChI is InChI=1S/C18H27NO4.ClH/c1-4-23-18(22)15(11-10-14-8-6-5-7-9-14)19-16(17(20)21)12-13(2)3;/h5-9,13,15-16,19H,4,10-12H2,1-3H3,(H,20,21);1H/t15?,16-;/m0./s1. The number of nitrogens with one attached hydrogen (secondary N) is 1. The van der Waals surface area contributed by atoms with Gasteiger partial charge in [-0.25, -0.2) is 0 Å². The summed E-state index contributed by atoms with van der Waals surface area (Å²) in [6.45, 7) is 5.95. The van der Waals surface area contributed by atoms with E-state index in [1.54, 1.807) is 6.92 Å². The lowest BCUT2D eigenvalue weighted by atomic mass is 10.0. The molecule has 1 aromatic rings. The third-order valence-corrected chi connectivity index (χ3v) is 3.54. The molecule has 1 unspecified atom stereocenters. The molecule has 6 heteroatoms. The Balaban J connectivity index is 0.00000529. The molecule has 5 nitrogen and oxygen atoms in total. The highest BCUT2D eigenvalue weighted by atomic mass is 35.5. The van der Waals surface area contributed by atoms with Crippen LogP contribution in [0, 0.1) is 5.92 Å². The lowest BCUT2D eigenvalue weighted by Crippen LogP contribution is -2.48. The number of aryl methyl sites for hydroxylation is 1. The molecule has 0 spiro atoms. The van der Waals surface area contributed by atoms with Crippen LogP contribution in [0.3, 0.4) is 0 Å². The zero-order chi connectivity index (χ0) is 17.2. The fraction of sp³-hybridized carbons (Fsp3) is 0.556. The van der Waals surface area contributed by atoms with Crippen molar-refractivity contribution in [3.8, 4) is 0 Å². The average molecular weight is 358 g/mol. The molecule has 0 amide bonds. The van der Waals surface area contributed by atoms with Gasteiger partial charge in [0.15, 0.2) is 0 Å². The Morgan fingerprint density at radius 1 is 1.17 bits per heavy atom. The maximum atomic E-state index is 12.1. The fourth-order valence-corrected chi connectivity index (χ4v) is 2.42. The molecule has 0 heterocycles. The second-order valence-electron chi connectivity index (χ2n) is 6.02. The van der Waals surface area contributed by atoms with E-state index >= 15 is 0 Å². The molecule has 0 aliphatic rings. The molecule has 0 aliphatic heterocycles. The molecule has 0 aromatic heterocycles. The maximum Gasteiger partial charge on any atom is 0.323 e. The molecule has 24 heavy (non-hydrogen) atoms. The molecule has 2 atom stereocenters. The van der Waals surface area contributed by atoms with E-state index in [0.717, 1.165) is 5.56 Å². The van der Waals surface area contributed by atoms with Crippen LogP contribution in [0.5, 0.6) is 0 Å². The maximum absolute atomic E-state index is 12.1. The number of carboxylic acids is 1. The molecule has 1 rings (SSSR count). The lowest BCUT2D eigenvalue weighted by molar-refractivity contribution is -0.147. The topological polar surface area (TPSA) is 75.6 Å². The highest BCUT2D eigenvalue weighted by Crippen LogP contribution is 2.11. The fourth-order valence-electron chi connectivity index (χ4n) is 2.42. The number of hydrogen-bond acceptors (Lipinski definition) is 4. The third kappa shape index (κ3) is 8.31. The molecule has 0 aliphatic carbocycles. The van der Waals surface area contributed by atoms with Crippen molar-refractivity contribution in [3.63, 3.8) is 0 Å². The molecule has 0 fully saturated rings. The van der Waals surface area contributed by atoms with Crippen LogP contribution in [0.4, 0.5) is 0 Å². The Labute approximate surface area is 150 Å². The monoisotopic (exact) mass is 357 g/mol. The molecule has 1 aromatic carbocycles. The van der Waals surface area contributed by atoms with Crippen molar-refractivity contribution in [2.24, 2.45) is 5.92 Å². The molecule has 0 bridgehead atoms. The number of halogens is 1. The van der Waals surface area contributed by atoms with Crippen LogP contribution >= 0.6 is 12.4 Å². The van der Waals surface area contributed by atoms with Crippen LogP contribution in [-0.2, 0) is 20.7 Å². The van der Waals surface area contributed by atoms with Crippen LogP contribution < -0.4 is 5.32 Å². The van der Waals surface area contributed by atoms with Crippen LogP contribution in [-0.4, -0.2) is 35.7 Å². The summed E-state index contributed by atoms with van der Waals surface area (Å²) in [6, 6.07) is 8.45. The number of carboxylic acid groups (broad SMARTS) is 1. The van der Waals surface area contributed by atoms with Crippen molar-refractivity contribution in [1.29, 1.82) is 0 Å². The van der Waals surface area contributed by atoms with Gasteiger partial charge in [0.2, 0.25) is 0 Å². The molecule has 136 valence electrons. The van der Waals surface area contributed by atoms with Gasteiger partial charge in [-0.1, -0.05) is 44.2 Å². The number of ether oxygens (including phenoxy) is 1. The van der Waals surface area contributed by atoms with Crippen molar-refractivity contribution in [2.45, 2.75) is 52.1 Å². The van der Waals surface area contributed by atoms with Crippen molar-refractivity contribution in [3.05, 3.63) is 35.9 Å². The van der Waals surface area contributed by atoms with Gasteiger partial charge in [-0.3, -0.25) is 14.9 Å². The first-order chi connectivity index (χ1) is 10.9. The zero-order valence-electron chi connectivity index (χ0n) is 14.5. The highest BCUT2D eigenvalue weighted by Gasteiger charge is 2.27. The van der Waals surface area contributed by atoms with Crippen LogP contribution in [0.25, 0.3) is 0 Å². The van der Waals surface area contributed by atoms with E-state index in [0.29, 0.717) is 19.3 Å². The van der Waals surface area contributed by atoms with E-state index in [1.165, 1.54) is 0 Å². The van der Waals surface area contributed by atoms with E-state index in [9.17, 15) is 14.7 Å². The van der Waals surface area contributed by atoms with Crippen LogP contribution in [0.15, 0.2) is 30.3 Å². The van der Waals surface area contributed by atoms with Crippen molar-refractivity contribution >= 4 is 24.3 Å². The first kappa shape index (κ1) is 22.4. The smallest absolute Gasteiger partial charge is 0.323 e. The Kier molecular flexibility index (Phi) is 11.1. The Morgan fingerprint density at radius 3 is 2.29 bits per heavy atom. The summed E-state index contributed by atoms with van der Waals surface area (Å²) in [5.41, 5.74) is 1.11. The van der Waals surface area contributed by atoms with E-state index in [1.807, 2.05) is 44.2 Å². The van der Waals surface area contributed by atoms with Gasteiger partial charge >= 0.3 is 11.9 Å². The number of carbonyl (C=O) groups is 2. The molecule has 0 radical (unpaired) electrons. The minimum absolute atomic E-state index is 0. The van der Waals surface area contributed by atoms with Gasteiger partial charge in [-0.2, -0.15) is 0 Å². The Hall–Kier alpha value is -1.59. The molecule has 0 saturated heterocycles. The summed E-state index contributed by atoms with van der Waals surface area (Å²) < 4.78 is 5.08. The summed E-state index contributed by atoms with van der Waals surface area (Å²) in [7, 11) is 0. The van der Waals surface area contributed by atoms with Gasteiger partial charge in [0.25, 0.3) is 0 Å². The zero-order valence-corrected chi connectivity index (χ0v) is 15.3. The summed E-state index contributed by atoms with van der Waals surface area (Å²) >= 11 is 0. The normalized spacial score (nSPS) is 13.0. The quantitative estimate of drug-likeness (QED) is 0.629. The number of hydrogen-bond donors (Lipinski definition) is 2. The largest absolute Gasteiger partial charge is 0.480 e. The average Bonchev–Trinajstić information content (AvgIpc) is 2.50. The predicted molar refractivity (Wildman–Crippen MR) is 96.4 cm³/mol.